The summed E-state index contributed by atoms with van der Waals surface area (Å²) in [5, 5.41) is -0.373. The van der Waals surface area contributed by atoms with Gasteiger partial charge in [-0.2, -0.15) is 0 Å². The van der Waals surface area contributed by atoms with Crippen LogP contribution in [0.1, 0.15) is 50.0 Å². The van der Waals surface area contributed by atoms with Crippen LogP contribution in [0.2, 0.25) is 0 Å². The molecule has 25 heavy (non-hydrogen) atoms. The number of unbranched alkanes of at least 4 members (excludes halogenated alkanes) is 2. The van der Waals surface area contributed by atoms with Gasteiger partial charge in [-0.25, -0.2) is 0 Å². The number of carbonyl (C=O) groups excluding carboxylic acids is 3. The fraction of sp³-hybridized carbons (Fsp3) is 0.588. The normalized spacial score (nSPS) is 17.0. The molecule has 0 aliphatic carbocycles. The number of thioether (sulfide) groups is 1. The summed E-state index contributed by atoms with van der Waals surface area (Å²) in [5.74, 6) is 0.398. The topological polar surface area (TPSA) is 86.0 Å². The van der Waals surface area contributed by atoms with Crippen LogP contribution in [0.25, 0.3) is 0 Å². The molecule has 0 spiro atoms. The Bertz CT molecular complexity index is 614. The lowest BCUT2D eigenvalue weighted by atomic mass is 10.3. The Kier molecular flexibility index (Phi) is 7.36. The van der Waals surface area contributed by atoms with Crippen molar-refractivity contribution >= 4 is 29.6 Å². The van der Waals surface area contributed by atoms with E-state index in [1.54, 1.807) is 12.1 Å². The first-order chi connectivity index (χ1) is 12.0. The van der Waals surface area contributed by atoms with E-state index in [4.69, 9.17) is 13.9 Å². The molecule has 1 aromatic heterocycles. The number of nitrogens with zero attached hydrogens (tertiary/aromatic N) is 1. The summed E-state index contributed by atoms with van der Waals surface area (Å²) < 4.78 is 15.7. The lowest BCUT2D eigenvalue weighted by Crippen LogP contribution is -2.34. The number of hydrogen-bond donors (Lipinski definition) is 0. The van der Waals surface area contributed by atoms with Crippen LogP contribution in [0.15, 0.2) is 16.5 Å². The van der Waals surface area contributed by atoms with Gasteiger partial charge < -0.3 is 18.8 Å². The average molecular weight is 369 g/mol. The molecule has 1 aliphatic rings. The molecule has 0 bridgehead atoms. The van der Waals surface area contributed by atoms with E-state index in [0.29, 0.717) is 18.1 Å². The molecule has 1 amide bonds. The second kappa shape index (κ2) is 9.50. The molecule has 7 nitrogen and oxygen atoms in total. The summed E-state index contributed by atoms with van der Waals surface area (Å²) in [6, 6.07) is 3.43. The molecule has 138 valence electrons. The van der Waals surface area contributed by atoms with Crippen molar-refractivity contribution in [3.8, 4) is 0 Å². The van der Waals surface area contributed by atoms with E-state index in [1.165, 1.54) is 23.6 Å². The second-order valence-electron chi connectivity index (χ2n) is 5.70. The summed E-state index contributed by atoms with van der Waals surface area (Å²) in [4.78, 5) is 36.3. The van der Waals surface area contributed by atoms with Crippen molar-refractivity contribution in [3.05, 3.63) is 23.7 Å². The van der Waals surface area contributed by atoms with Gasteiger partial charge in [0.1, 0.15) is 30.0 Å². The number of rotatable bonds is 9. The van der Waals surface area contributed by atoms with E-state index in [2.05, 4.69) is 6.92 Å². The Morgan fingerprint density at radius 1 is 1.32 bits per heavy atom. The molecule has 1 fully saturated rings. The van der Waals surface area contributed by atoms with Crippen molar-refractivity contribution in [2.24, 2.45) is 0 Å². The molecule has 1 aromatic rings. The summed E-state index contributed by atoms with van der Waals surface area (Å²) in [7, 11) is 0. The number of esters is 2. The highest BCUT2D eigenvalue weighted by Gasteiger charge is 2.36. The SMILES string of the molecule is CCCCCOC(=O)CN1C(=O)CSC1c1ccc(COC(C)=O)o1. The van der Waals surface area contributed by atoms with Crippen LogP contribution < -0.4 is 0 Å². The summed E-state index contributed by atoms with van der Waals surface area (Å²) in [6.07, 6.45) is 2.88. The van der Waals surface area contributed by atoms with Gasteiger partial charge in [0.25, 0.3) is 0 Å². The van der Waals surface area contributed by atoms with Crippen LogP contribution in [-0.4, -0.2) is 41.7 Å². The van der Waals surface area contributed by atoms with Crippen molar-refractivity contribution < 1.29 is 28.3 Å². The Balaban J connectivity index is 1.92. The van der Waals surface area contributed by atoms with Gasteiger partial charge >= 0.3 is 11.9 Å². The molecule has 1 unspecified atom stereocenters. The van der Waals surface area contributed by atoms with Gasteiger partial charge in [-0.1, -0.05) is 19.8 Å². The zero-order valence-electron chi connectivity index (χ0n) is 14.5. The minimum absolute atomic E-state index is 0.0418. The zero-order valence-corrected chi connectivity index (χ0v) is 15.3. The molecular weight excluding hydrogens is 346 g/mol. The molecule has 1 atom stereocenters. The van der Waals surface area contributed by atoms with Gasteiger partial charge in [0.2, 0.25) is 5.91 Å². The van der Waals surface area contributed by atoms with Crippen molar-refractivity contribution in [2.75, 3.05) is 18.9 Å². The first kappa shape index (κ1) is 19.4. The maximum absolute atomic E-state index is 12.1. The predicted octanol–water partition coefficient (Wildman–Crippen LogP) is 2.65. The first-order valence-electron chi connectivity index (χ1n) is 8.30. The summed E-state index contributed by atoms with van der Waals surface area (Å²) in [6.45, 7) is 3.72. The lowest BCUT2D eigenvalue weighted by molar-refractivity contribution is -0.149. The van der Waals surface area contributed by atoms with E-state index in [-0.39, 0.29) is 30.2 Å². The monoisotopic (exact) mass is 369 g/mol. The highest BCUT2D eigenvalue weighted by molar-refractivity contribution is 8.00. The van der Waals surface area contributed by atoms with E-state index in [0.717, 1.165) is 19.3 Å². The predicted molar refractivity (Wildman–Crippen MR) is 91.6 cm³/mol. The number of furan rings is 1. The van der Waals surface area contributed by atoms with Gasteiger partial charge in [-0.05, 0) is 18.6 Å². The Morgan fingerprint density at radius 3 is 2.84 bits per heavy atom. The third-order valence-electron chi connectivity index (χ3n) is 3.62. The van der Waals surface area contributed by atoms with E-state index < -0.39 is 11.9 Å². The highest BCUT2D eigenvalue weighted by atomic mass is 32.2. The van der Waals surface area contributed by atoms with Crippen molar-refractivity contribution in [1.29, 1.82) is 0 Å². The van der Waals surface area contributed by atoms with Crippen LogP contribution in [0.4, 0.5) is 0 Å². The van der Waals surface area contributed by atoms with Crippen LogP contribution >= 0.6 is 11.8 Å². The molecule has 1 saturated heterocycles. The van der Waals surface area contributed by atoms with Crippen LogP contribution in [0.3, 0.4) is 0 Å². The largest absolute Gasteiger partial charge is 0.464 e. The van der Waals surface area contributed by atoms with Crippen molar-refractivity contribution in [3.63, 3.8) is 0 Å². The number of hydrogen-bond acceptors (Lipinski definition) is 7. The molecule has 0 aromatic carbocycles. The Morgan fingerprint density at radius 2 is 2.12 bits per heavy atom. The third kappa shape index (κ3) is 5.81. The first-order valence-corrected chi connectivity index (χ1v) is 9.34. The molecule has 0 radical (unpaired) electrons. The number of carbonyl (C=O) groups is 3. The van der Waals surface area contributed by atoms with Gasteiger partial charge in [0.05, 0.1) is 12.4 Å². The Hall–Kier alpha value is -1.96. The lowest BCUT2D eigenvalue weighted by Gasteiger charge is -2.21. The van der Waals surface area contributed by atoms with Gasteiger partial charge in [0.15, 0.2) is 0 Å². The average Bonchev–Trinajstić information content (AvgIpc) is 3.17. The smallest absolute Gasteiger partial charge is 0.325 e. The molecule has 2 rings (SSSR count). The van der Waals surface area contributed by atoms with E-state index in [9.17, 15) is 14.4 Å². The standard InChI is InChI=1S/C17H23NO6S/c1-3-4-5-8-22-16(21)9-18-15(20)11-25-17(18)14-7-6-13(24-14)10-23-12(2)19/h6-7,17H,3-5,8-11H2,1-2H3. The van der Waals surface area contributed by atoms with Gasteiger partial charge in [-0.15, -0.1) is 11.8 Å². The van der Waals surface area contributed by atoms with Crippen LogP contribution in [0, 0.1) is 0 Å². The molecule has 8 heteroatoms. The van der Waals surface area contributed by atoms with Crippen LogP contribution in [-0.2, 0) is 30.5 Å². The minimum atomic E-state index is -0.413. The fourth-order valence-electron chi connectivity index (χ4n) is 2.36. The Labute approximate surface area is 151 Å². The maximum atomic E-state index is 12.1. The summed E-state index contributed by atoms with van der Waals surface area (Å²) >= 11 is 1.39. The second-order valence-corrected chi connectivity index (χ2v) is 6.77. The molecule has 0 N–H and O–H groups in total. The minimum Gasteiger partial charge on any atom is -0.464 e. The number of ether oxygens (including phenoxy) is 2. The highest BCUT2D eigenvalue weighted by Crippen LogP contribution is 2.39. The summed E-state index contributed by atoms with van der Waals surface area (Å²) in [5.41, 5.74) is 0. The zero-order chi connectivity index (χ0) is 18.2. The molecule has 2 heterocycles. The fourth-order valence-corrected chi connectivity index (χ4v) is 3.49. The van der Waals surface area contributed by atoms with Crippen LogP contribution in [0.5, 0.6) is 0 Å². The van der Waals surface area contributed by atoms with Gasteiger partial charge in [-0.3, -0.25) is 14.4 Å². The molecule has 1 aliphatic heterocycles. The van der Waals surface area contributed by atoms with Crippen molar-refractivity contribution in [2.45, 2.75) is 45.1 Å². The molecular formula is C17H23NO6S. The third-order valence-corrected chi connectivity index (χ3v) is 4.84. The van der Waals surface area contributed by atoms with Crippen molar-refractivity contribution in [1.82, 2.24) is 4.90 Å². The van der Waals surface area contributed by atoms with E-state index in [1.807, 2.05) is 0 Å². The van der Waals surface area contributed by atoms with Gasteiger partial charge in [0, 0.05) is 6.92 Å². The van der Waals surface area contributed by atoms with E-state index >= 15 is 0 Å². The number of amides is 1. The maximum Gasteiger partial charge on any atom is 0.325 e. The quantitative estimate of drug-likeness (QED) is 0.488. The molecule has 0 saturated carbocycles.